The molecule has 6 nitrogen and oxygen atoms in total. The largest absolute Gasteiger partial charge is 0.325 e. The fraction of sp³-hybridized carbons (Fsp3) is 0.333. The number of hydrogen-bond acceptors (Lipinski definition) is 5. The average molecular weight is 394 g/mol. The molecule has 0 atom stereocenters. The Balaban J connectivity index is 1.38. The number of thioether (sulfide) groups is 1. The first-order valence-electron chi connectivity index (χ1n) is 9.42. The fourth-order valence-electron chi connectivity index (χ4n) is 3.56. The summed E-state index contributed by atoms with van der Waals surface area (Å²) in [6.07, 6.45) is 3.32. The fourth-order valence-corrected chi connectivity index (χ4v) is 4.17. The number of carbonyl (C=O) groups is 1. The Morgan fingerprint density at radius 2 is 2.00 bits per heavy atom. The van der Waals surface area contributed by atoms with Crippen LogP contribution >= 0.6 is 11.8 Å². The molecule has 7 heteroatoms. The monoisotopic (exact) mass is 393 g/mol. The molecule has 1 aliphatic rings. The Morgan fingerprint density at radius 1 is 1.14 bits per heavy atom. The summed E-state index contributed by atoms with van der Waals surface area (Å²) in [5.74, 6) is 0.953. The minimum atomic E-state index is -0.0535. The zero-order chi connectivity index (χ0) is 19.7. The van der Waals surface area contributed by atoms with E-state index in [1.807, 2.05) is 42.8 Å². The van der Waals surface area contributed by atoms with Crippen LogP contribution in [-0.4, -0.2) is 31.6 Å². The van der Waals surface area contributed by atoms with Gasteiger partial charge in [-0.2, -0.15) is 5.10 Å². The molecule has 0 spiro atoms. The van der Waals surface area contributed by atoms with Crippen LogP contribution in [0.2, 0.25) is 0 Å². The van der Waals surface area contributed by atoms with Gasteiger partial charge in [0.15, 0.2) is 5.82 Å². The van der Waals surface area contributed by atoms with Crippen molar-refractivity contribution in [3.63, 3.8) is 0 Å². The topological polar surface area (TPSA) is 72.7 Å². The molecule has 3 aromatic rings. The molecule has 1 amide bonds. The highest BCUT2D eigenvalue weighted by Gasteiger charge is 2.20. The maximum atomic E-state index is 12.2. The first-order chi connectivity index (χ1) is 13.5. The van der Waals surface area contributed by atoms with Crippen molar-refractivity contribution in [2.75, 3.05) is 11.1 Å². The molecule has 0 unspecified atom stereocenters. The lowest BCUT2D eigenvalue weighted by Gasteiger charge is -2.09. The van der Waals surface area contributed by atoms with Crippen molar-refractivity contribution in [1.29, 1.82) is 0 Å². The number of aromatic nitrogens is 4. The van der Waals surface area contributed by atoms with Gasteiger partial charge in [-0.1, -0.05) is 29.5 Å². The van der Waals surface area contributed by atoms with Gasteiger partial charge in [0.25, 0.3) is 0 Å². The van der Waals surface area contributed by atoms with Crippen molar-refractivity contribution in [3.8, 4) is 5.82 Å². The van der Waals surface area contributed by atoms with E-state index in [4.69, 9.17) is 0 Å². The van der Waals surface area contributed by atoms with Crippen LogP contribution in [0.4, 0.5) is 5.69 Å². The molecule has 1 aliphatic carbocycles. The zero-order valence-corrected chi connectivity index (χ0v) is 17.1. The summed E-state index contributed by atoms with van der Waals surface area (Å²) in [7, 11) is 0. The summed E-state index contributed by atoms with van der Waals surface area (Å²) in [5, 5.41) is 16.9. The molecule has 2 aromatic heterocycles. The Kier molecular flexibility index (Phi) is 5.17. The van der Waals surface area contributed by atoms with Gasteiger partial charge in [-0.3, -0.25) is 4.79 Å². The lowest BCUT2D eigenvalue weighted by atomic mass is 10.1. The molecule has 0 bridgehead atoms. The van der Waals surface area contributed by atoms with E-state index in [0.29, 0.717) is 0 Å². The van der Waals surface area contributed by atoms with E-state index in [1.165, 1.54) is 35.0 Å². The predicted molar refractivity (Wildman–Crippen MR) is 111 cm³/mol. The molecule has 0 fully saturated rings. The first kappa shape index (κ1) is 18.7. The van der Waals surface area contributed by atoms with E-state index in [2.05, 4.69) is 33.6 Å². The molecule has 0 saturated heterocycles. The quantitative estimate of drug-likeness (QED) is 0.668. The van der Waals surface area contributed by atoms with Crippen LogP contribution in [-0.2, 0) is 17.6 Å². The van der Waals surface area contributed by atoms with Crippen molar-refractivity contribution in [3.05, 3.63) is 58.4 Å². The van der Waals surface area contributed by atoms with E-state index >= 15 is 0 Å². The highest BCUT2D eigenvalue weighted by molar-refractivity contribution is 7.99. The lowest BCUT2D eigenvalue weighted by Crippen LogP contribution is -2.15. The van der Waals surface area contributed by atoms with Crippen LogP contribution in [0, 0.1) is 20.8 Å². The van der Waals surface area contributed by atoms with Crippen LogP contribution in [0.1, 0.15) is 34.5 Å². The number of anilines is 1. The second kappa shape index (κ2) is 7.75. The third kappa shape index (κ3) is 3.80. The highest BCUT2D eigenvalue weighted by atomic mass is 32.2. The van der Waals surface area contributed by atoms with Crippen LogP contribution in [0.3, 0.4) is 0 Å². The summed E-state index contributed by atoms with van der Waals surface area (Å²) in [5.41, 5.74) is 6.76. The number of nitrogens with one attached hydrogen (secondary N) is 1. The minimum Gasteiger partial charge on any atom is -0.325 e. The molecule has 2 heterocycles. The first-order valence-corrected chi connectivity index (χ1v) is 10.4. The Bertz CT molecular complexity index is 1030. The zero-order valence-electron chi connectivity index (χ0n) is 16.3. The molecule has 0 aliphatic heterocycles. The van der Waals surface area contributed by atoms with Gasteiger partial charge in [0.1, 0.15) is 5.03 Å². The minimum absolute atomic E-state index is 0.0535. The van der Waals surface area contributed by atoms with Gasteiger partial charge in [-0.25, -0.2) is 4.68 Å². The van der Waals surface area contributed by atoms with Crippen LogP contribution < -0.4 is 5.32 Å². The molecule has 144 valence electrons. The average Bonchev–Trinajstić information content (AvgIpc) is 3.26. The molecular formula is C21H23N5OS. The van der Waals surface area contributed by atoms with Crippen molar-refractivity contribution >= 4 is 23.4 Å². The number of hydrogen-bond donors (Lipinski definition) is 1. The molecule has 28 heavy (non-hydrogen) atoms. The normalized spacial score (nSPS) is 12.8. The summed E-state index contributed by atoms with van der Waals surface area (Å²) < 4.78 is 1.87. The summed E-state index contributed by atoms with van der Waals surface area (Å²) >= 11 is 1.37. The molecule has 1 N–H and O–H groups in total. The number of carbonyl (C=O) groups excluding carboxylic acids is 1. The highest BCUT2D eigenvalue weighted by Crippen LogP contribution is 2.26. The van der Waals surface area contributed by atoms with Gasteiger partial charge in [-0.05, 0) is 69.4 Å². The summed E-state index contributed by atoms with van der Waals surface area (Å²) in [6.45, 7) is 6.11. The van der Waals surface area contributed by atoms with Gasteiger partial charge < -0.3 is 5.32 Å². The lowest BCUT2D eigenvalue weighted by molar-refractivity contribution is -0.113. The number of benzene rings is 1. The van der Waals surface area contributed by atoms with Gasteiger partial charge in [-0.15, -0.1) is 10.2 Å². The Morgan fingerprint density at radius 3 is 2.71 bits per heavy atom. The number of fused-ring (bicyclic) bond motifs is 1. The molecule has 0 saturated carbocycles. The number of nitrogens with zero attached hydrogens (tertiary/aromatic N) is 4. The van der Waals surface area contributed by atoms with Gasteiger partial charge in [0.2, 0.25) is 5.91 Å². The Labute approximate surface area is 168 Å². The third-order valence-corrected chi connectivity index (χ3v) is 5.93. The predicted octanol–water partition coefficient (Wildman–Crippen LogP) is 3.81. The van der Waals surface area contributed by atoms with Crippen molar-refractivity contribution < 1.29 is 4.79 Å². The Hall–Kier alpha value is -2.67. The van der Waals surface area contributed by atoms with Crippen LogP contribution in [0.5, 0.6) is 0 Å². The number of aryl methyl sites for hydroxylation is 3. The van der Waals surface area contributed by atoms with E-state index in [-0.39, 0.29) is 11.7 Å². The van der Waals surface area contributed by atoms with Crippen molar-refractivity contribution in [1.82, 2.24) is 20.0 Å². The van der Waals surface area contributed by atoms with E-state index in [1.54, 1.807) is 0 Å². The SMILES string of the molecule is Cc1ccc(NC(=O)CSc2ccc(-n3nc4c(c3C)CCC4)nn2)c(C)c1. The molecule has 1 aromatic carbocycles. The summed E-state index contributed by atoms with van der Waals surface area (Å²) in [4.78, 5) is 12.2. The molecule has 0 radical (unpaired) electrons. The van der Waals surface area contributed by atoms with Gasteiger partial charge in [0, 0.05) is 11.4 Å². The second-order valence-corrected chi connectivity index (χ2v) is 8.16. The smallest absolute Gasteiger partial charge is 0.234 e. The van der Waals surface area contributed by atoms with Crippen LogP contribution in [0.15, 0.2) is 35.4 Å². The van der Waals surface area contributed by atoms with Gasteiger partial charge >= 0.3 is 0 Å². The van der Waals surface area contributed by atoms with Crippen molar-refractivity contribution in [2.45, 2.75) is 45.1 Å². The van der Waals surface area contributed by atoms with E-state index < -0.39 is 0 Å². The maximum absolute atomic E-state index is 12.2. The van der Waals surface area contributed by atoms with Crippen molar-refractivity contribution in [2.24, 2.45) is 0 Å². The van der Waals surface area contributed by atoms with E-state index in [0.717, 1.165) is 40.6 Å². The van der Waals surface area contributed by atoms with Crippen LogP contribution in [0.25, 0.3) is 5.82 Å². The standard InChI is InChI=1S/C21H23N5OS/c1-13-7-8-17(14(2)11-13)22-20(27)12-28-21-10-9-19(23-24-21)26-15(3)16-5-4-6-18(16)25-26/h7-11H,4-6,12H2,1-3H3,(H,22,27). The van der Waals surface area contributed by atoms with Gasteiger partial charge in [0.05, 0.1) is 11.4 Å². The number of amides is 1. The molecular weight excluding hydrogens is 370 g/mol. The van der Waals surface area contributed by atoms with E-state index in [9.17, 15) is 4.79 Å². The third-order valence-electron chi connectivity index (χ3n) is 5.01. The maximum Gasteiger partial charge on any atom is 0.234 e. The summed E-state index contributed by atoms with van der Waals surface area (Å²) in [6, 6.07) is 9.79. The molecule has 4 rings (SSSR count). The number of rotatable bonds is 5. The second-order valence-electron chi connectivity index (χ2n) is 7.16.